The number of rotatable bonds is 20. The summed E-state index contributed by atoms with van der Waals surface area (Å²) in [5.41, 5.74) is -0.470. The molecule has 2 heteroatoms. The van der Waals surface area contributed by atoms with Crippen LogP contribution in [0.25, 0.3) is 0 Å². The molecule has 0 fully saturated rings. The Morgan fingerprint density at radius 2 is 1.15 bits per heavy atom. The van der Waals surface area contributed by atoms with Crippen molar-refractivity contribution >= 4 is 5.97 Å². The van der Waals surface area contributed by atoms with Crippen LogP contribution in [-0.4, -0.2) is 11.1 Å². The van der Waals surface area contributed by atoms with Crippen molar-refractivity contribution in [2.75, 3.05) is 0 Å². The Morgan fingerprint density at radius 1 is 0.704 bits per heavy atom. The van der Waals surface area contributed by atoms with Crippen LogP contribution >= 0.6 is 0 Å². The van der Waals surface area contributed by atoms with Crippen molar-refractivity contribution in [3.8, 4) is 0 Å². The predicted molar refractivity (Wildman–Crippen MR) is 119 cm³/mol. The molecule has 0 aromatic rings. The highest BCUT2D eigenvalue weighted by atomic mass is 16.4. The summed E-state index contributed by atoms with van der Waals surface area (Å²) < 4.78 is 0. The van der Waals surface area contributed by atoms with Crippen LogP contribution in [0, 0.1) is 11.3 Å². The van der Waals surface area contributed by atoms with Crippen LogP contribution in [-0.2, 0) is 4.79 Å². The quantitative estimate of drug-likeness (QED) is 0.214. The third-order valence-electron chi connectivity index (χ3n) is 6.26. The standard InChI is InChI=1S/C25H50O2/c1-5-8-11-13-14-15-16-18-21-25(24(26)27,20-10-7-3)22-23(4)19-17-12-9-6-2/h23H,5-22H2,1-4H3,(H,26,27). The van der Waals surface area contributed by atoms with Gasteiger partial charge in [-0.2, -0.15) is 0 Å². The molecule has 0 aliphatic carbocycles. The molecule has 2 nitrogen and oxygen atoms in total. The van der Waals surface area contributed by atoms with Gasteiger partial charge in [0, 0.05) is 0 Å². The maximum absolute atomic E-state index is 12.3. The van der Waals surface area contributed by atoms with Gasteiger partial charge >= 0.3 is 5.97 Å². The lowest BCUT2D eigenvalue weighted by Gasteiger charge is -2.32. The molecule has 0 bridgehead atoms. The van der Waals surface area contributed by atoms with E-state index in [0.29, 0.717) is 5.92 Å². The first kappa shape index (κ1) is 26.5. The zero-order valence-corrected chi connectivity index (χ0v) is 19.2. The second-order valence-corrected chi connectivity index (χ2v) is 9.07. The van der Waals surface area contributed by atoms with Gasteiger partial charge in [-0.05, 0) is 25.2 Å². The minimum Gasteiger partial charge on any atom is -0.481 e. The van der Waals surface area contributed by atoms with Crippen LogP contribution in [0.2, 0.25) is 0 Å². The normalized spacial score (nSPS) is 14.8. The Morgan fingerprint density at radius 3 is 1.67 bits per heavy atom. The summed E-state index contributed by atoms with van der Waals surface area (Å²) in [7, 11) is 0. The van der Waals surface area contributed by atoms with Gasteiger partial charge in [0.1, 0.15) is 0 Å². The third kappa shape index (κ3) is 13.3. The molecule has 1 N–H and O–H groups in total. The molecule has 0 aromatic heterocycles. The number of hydrogen-bond acceptors (Lipinski definition) is 1. The van der Waals surface area contributed by atoms with E-state index in [1.165, 1.54) is 77.0 Å². The van der Waals surface area contributed by atoms with E-state index >= 15 is 0 Å². The maximum Gasteiger partial charge on any atom is 0.309 e. The van der Waals surface area contributed by atoms with Crippen molar-refractivity contribution in [2.24, 2.45) is 11.3 Å². The van der Waals surface area contributed by atoms with E-state index < -0.39 is 11.4 Å². The first-order valence-corrected chi connectivity index (χ1v) is 12.3. The number of aliphatic carboxylic acids is 1. The van der Waals surface area contributed by atoms with E-state index in [9.17, 15) is 9.90 Å². The number of unbranched alkanes of at least 4 members (excludes halogenated alkanes) is 11. The van der Waals surface area contributed by atoms with Crippen LogP contribution in [0.5, 0.6) is 0 Å². The molecule has 0 saturated heterocycles. The first-order chi connectivity index (χ1) is 13.0. The molecule has 162 valence electrons. The van der Waals surface area contributed by atoms with Gasteiger partial charge in [-0.3, -0.25) is 4.79 Å². The number of hydrogen-bond donors (Lipinski definition) is 1. The zero-order chi connectivity index (χ0) is 20.4. The molecule has 2 unspecified atom stereocenters. The highest BCUT2D eigenvalue weighted by Crippen LogP contribution is 2.39. The summed E-state index contributed by atoms with van der Waals surface area (Å²) in [4.78, 5) is 12.3. The van der Waals surface area contributed by atoms with E-state index in [0.717, 1.165) is 38.5 Å². The minimum atomic E-state index is -0.528. The van der Waals surface area contributed by atoms with Crippen LogP contribution in [0.4, 0.5) is 0 Å². The topological polar surface area (TPSA) is 37.3 Å². The lowest BCUT2D eigenvalue weighted by Crippen LogP contribution is -2.33. The van der Waals surface area contributed by atoms with Gasteiger partial charge in [-0.25, -0.2) is 0 Å². The highest BCUT2D eigenvalue weighted by molar-refractivity contribution is 5.74. The molecular weight excluding hydrogens is 332 g/mol. The lowest BCUT2D eigenvalue weighted by atomic mass is 9.71. The first-order valence-electron chi connectivity index (χ1n) is 12.3. The van der Waals surface area contributed by atoms with Crippen molar-refractivity contribution < 1.29 is 9.90 Å². The van der Waals surface area contributed by atoms with Crippen LogP contribution in [0.15, 0.2) is 0 Å². The molecule has 0 spiro atoms. The Kier molecular flexibility index (Phi) is 17.2. The van der Waals surface area contributed by atoms with E-state index in [4.69, 9.17) is 0 Å². The van der Waals surface area contributed by atoms with Crippen LogP contribution in [0.1, 0.15) is 143 Å². The molecule has 2 atom stereocenters. The van der Waals surface area contributed by atoms with Gasteiger partial charge in [0.25, 0.3) is 0 Å². The van der Waals surface area contributed by atoms with Gasteiger partial charge < -0.3 is 5.11 Å². The summed E-state index contributed by atoms with van der Waals surface area (Å²) in [6.45, 7) is 8.96. The van der Waals surface area contributed by atoms with E-state index in [-0.39, 0.29) is 0 Å². The van der Waals surface area contributed by atoms with Gasteiger partial charge in [0.15, 0.2) is 0 Å². The van der Waals surface area contributed by atoms with Gasteiger partial charge in [0.05, 0.1) is 5.41 Å². The van der Waals surface area contributed by atoms with Crippen molar-refractivity contribution in [3.63, 3.8) is 0 Å². The molecule has 0 aromatic carbocycles. The van der Waals surface area contributed by atoms with Crippen molar-refractivity contribution in [2.45, 2.75) is 143 Å². The van der Waals surface area contributed by atoms with Crippen molar-refractivity contribution in [1.29, 1.82) is 0 Å². The zero-order valence-electron chi connectivity index (χ0n) is 19.2. The van der Waals surface area contributed by atoms with E-state index in [1.807, 2.05) is 0 Å². The fourth-order valence-corrected chi connectivity index (χ4v) is 4.43. The third-order valence-corrected chi connectivity index (χ3v) is 6.26. The van der Waals surface area contributed by atoms with E-state index in [1.54, 1.807) is 0 Å². The monoisotopic (exact) mass is 382 g/mol. The lowest BCUT2D eigenvalue weighted by molar-refractivity contribution is -0.151. The van der Waals surface area contributed by atoms with Gasteiger partial charge in [0.2, 0.25) is 0 Å². The highest BCUT2D eigenvalue weighted by Gasteiger charge is 2.38. The molecule has 0 radical (unpaired) electrons. The van der Waals surface area contributed by atoms with E-state index in [2.05, 4.69) is 27.7 Å². The summed E-state index contributed by atoms with van der Waals surface area (Å²) >= 11 is 0. The number of carbonyl (C=O) groups is 1. The average molecular weight is 383 g/mol. The Labute approximate surface area is 170 Å². The Balaban J connectivity index is 4.45. The summed E-state index contributed by atoms with van der Waals surface area (Å²) in [5, 5.41) is 10.1. The molecule has 0 amide bonds. The SMILES string of the molecule is CCCCCCCCCCC(CCCC)(CC(C)CCCCCC)C(=O)O. The van der Waals surface area contributed by atoms with Crippen LogP contribution in [0.3, 0.4) is 0 Å². The summed E-state index contributed by atoms with van der Waals surface area (Å²) in [6, 6.07) is 0. The smallest absolute Gasteiger partial charge is 0.309 e. The number of carboxylic acid groups (broad SMARTS) is 1. The molecular formula is C25H50O2. The molecule has 0 rings (SSSR count). The average Bonchev–Trinajstić information content (AvgIpc) is 2.65. The fraction of sp³-hybridized carbons (Fsp3) is 0.960. The Bertz CT molecular complexity index is 339. The second kappa shape index (κ2) is 17.6. The van der Waals surface area contributed by atoms with Gasteiger partial charge in [-0.1, -0.05) is 124 Å². The molecule has 0 aliphatic rings. The Hall–Kier alpha value is -0.530. The second-order valence-electron chi connectivity index (χ2n) is 9.07. The molecule has 0 saturated carbocycles. The maximum atomic E-state index is 12.3. The minimum absolute atomic E-state index is 0.470. The molecule has 0 aliphatic heterocycles. The number of carboxylic acids is 1. The fourth-order valence-electron chi connectivity index (χ4n) is 4.43. The largest absolute Gasteiger partial charge is 0.481 e. The van der Waals surface area contributed by atoms with Crippen molar-refractivity contribution in [3.05, 3.63) is 0 Å². The molecule has 0 heterocycles. The van der Waals surface area contributed by atoms with Crippen LogP contribution < -0.4 is 0 Å². The van der Waals surface area contributed by atoms with Gasteiger partial charge in [-0.15, -0.1) is 0 Å². The van der Waals surface area contributed by atoms with Crippen molar-refractivity contribution in [1.82, 2.24) is 0 Å². The summed E-state index contributed by atoms with van der Waals surface area (Å²) in [5.74, 6) is 0.00293. The summed E-state index contributed by atoms with van der Waals surface area (Å²) in [6.07, 6.45) is 21.4. The molecule has 27 heavy (non-hydrogen) atoms. The predicted octanol–water partition coefficient (Wildman–Crippen LogP) is 8.78.